The summed E-state index contributed by atoms with van der Waals surface area (Å²) in [6.07, 6.45) is 8.98. The molecule has 0 amide bonds. The van der Waals surface area contributed by atoms with E-state index in [0.29, 0.717) is 31.1 Å². The van der Waals surface area contributed by atoms with Crippen molar-refractivity contribution in [2.75, 3.05) is 0 Å². The number of carbonyl (C=O) groups excluding carboxylic acids is 1. The summed E-state index contributed by atoms with van der Waals surface area (Å²) in [6.45, 7) is 10.4. The number of carboxylic acids is 1. The molecule has 0 radical (unpaired) electrons. The van der Waals surface area contributed by atoms with Gasteiger partial charge in [0.15, 0.2) is 0 Å². The van der Waals surface area contributed by atoms with E-state index in [1.165, 1.54) is 0 Å². The fraction of sp³-hybridized carbons (Fsp3) is 0.786. The van der Waals surface area contributed by atoms with Gasteiger partial charge in [-0.2, -0.15) is 0 Å². The molecule has 34 heavy (non-hydrogen) atoms. The molecule has 0 aromatic carbocycles. The Hall–Kier alpha value is -1.66. The van der Waals surface area contributed by atoms with Crippen molar-refractivity contribution in [3.05, 3.63) is 23.8 Å². The van der Waals surface area contributed by atoms with E-state index in [-0.39, 0.29) is 24.2 Å². The molecule has 0 spiro atoms. The topological polar surface area (TPSA) is 104 Å². The van der Waals surface area contributed by atoms with Gasteiger partial charge in [0, 0.05) is 12.3 Å². The van der Waals surface area contributed by atoms with Crippen LogP contribution < -0.4 is 0 Å². The van der Waals surface area contributed by atoms with E-state index in [1.807, 2.05) is 32.1 Å². The van der Waals surface area contributed by atoms with Crippen LogP contribution in [0.3, 0.4) is 0 Å². The van der Waals surface area contributed by atoms with Crippen molar-refractivity contribution in [1.29, 1.82) is 0 Å². The van der Waals surface area contributed by atoms with Gasteiger partial charge in [-0.15, -0.1) is 0 Å². The Morgan fingerprint density at radius 1 is 1.00 bits per heavy atom. The molecular weight excluding hydrogens is 432 g/mol. The molecule has 0 aromatic heterocycles. The van der Waals surface area contributed by atoms with Crippen LogP contribution in [-0.2, 0) is 14.3 Å². The van der Waals surface area contributed by atoms with E-state index in [4.69, 9.17) is 4.74 Å². The fourth-order valence-electron chi connectivity index (χ4n) is 6.05. The second kappa shape index (κ2) is 13.4. The number of aliphatic carboxylic acids is 1. The third-order valence-corrected chi connectivity index (χ3v) is 7.90. The molecular formula is C28H46O6. The largest absolute Gasteiger partial charge is 0.481 e. The summed E-state index contributed by atoms with van der Waals surface area (Å²) >= 11 is 0. The normalized spacial score (nSPS) is 42.0. The van der Waals surface area contributed by atoms with E-state index >= 15 is 0 Å². The minimum atomic E-state index is -0.841. The molecule has 2 rings (SSSR count). The highest BCUT2D eigenvalue weighted by Gasteiger charge is 2.39. The van der Waals surface area contributed by atoms with Crippen LogP contribution in [0, 0.1) is 35.5 Å². The van der Waals surface area contributed by atoms with E-state index in [9.17, 15) is 24.9 Å². The lowest BCUT2D eigenvalue weighted by Crippen LogP contribution is -2.34. The first-order valence-electron chi connectivity index (χ1n) is 13.1. The van der Waals surface area contributed by atoms with Crippen LogP contribution in [-0.4, -0.2) is 45.6 Å². The van der Waals surface area contributed by atoms with Crippen LogP contribution >= 0.6 is 0 Å². The molecule has 1 aliphatic heterocycles. The predicted molar refractivity (Wildman–Crippen MR) is 133 cm³/mol. The van der Waals surface area contributed by atoms with Crippen LogP contribution in [0.1, 0.15) is 86.0 Å². The van der Waals surface area contributed by atoms with Gasteiger partial charge in [0.1, 0.15) is 6.10 Å². The van der Waals surface area contributed by atoms with E-state index in [0.717, 1.165) is 31.3 Å². The number of carbonyl (C=O) groups is 2. The number of aliphatic hydroxyl groups is 2. The Balaban J connectivity index is 2.25. The predicted octanol–water partition coefficient (Wildman–Crippen LogP) is 5.13. The molecule has 0 saturated heterocycles. The van der Waals surface area contributed by atoms with Gasteiger partial charge in [-0.25, -0.2) is 0 Å². The number of hydrogen-bond acceptors (Lipinski definition) is 5. The van der Waals surface area contributed by atoms with Crippen LogP contribution in [0.15, 0.2) is 23.8 Å². The van der Waals surface area contributed by atoms with Gasteiger partial charge in [0.25, 0.3) is 0 Å². The lowest BCUT2D eigenvalue weighted by atomic mass is 9.82. The average molecular weight is 479 g/mol. The van der Waals surface area contributed by atoms with Crippen molar-refractivity contribution < 1.29 is 29.6 Å². The summed E-state index contributed by atoms with van der Waals surface area (Å²) in [7, 11) is 0. The van der Waals surface area contributed by atoms with E-state index in [1.54, 1.807) is 0 Å². The lowest BCUT2D eigenvalue weighted by molar-refractivity contribution is -0.159. The number of carboxylic acid groups (broad SMARTS) is 1. The van der Waals surface area contributed by atoms with Crippen LogP contribution in [0.5, 0.6) is 0 Å². The summed E-state index contributed by atoms with van der Waals surface area (Å²) in [6, 6.07) is 0. The minimum Gasteiger partial charge on any atom is -0.481 e. The summed E-state index contributed by atoms with van der Waals surface area (Å²) < 4.78 is 5.80. The second-order valence-electron chi connectivity index (χ2n) is 11.2. The van der Waals surface area contributed by atoms with Crippen molar-refractivity contribution in [2.24, 2.45) is 35.5 Å². The maximum absolute atomic E-state index is 12.7. The average Bonchev–Trinajstić information content (AvgIpc) is 3.24. The molecule has 194 valence electrons. The van der Waals surface area contributed by atoms with Crippen molar-refractivity contribution in [3.8, 4) is 0 Å². The zero-order valence-electron chi connectivity index (χ0n) is 21.7. The highest BCUT2D eigenvalue weighted by molar-refractivity contribution is 5.72. The Morgan fingerprint density at radius 3 is 2.29 bits per heavy atom. The summed E-state index contributed by atoms with van der Waals surface area (Å²) in [5.74, 6) is -1.12. The molecule has 0 aromatic rings. The van der Waals surface area contributed by atoms with Gasteiger partial charge >= 0.3 is 11.9 Å². The standard InChI is InChI=1S/C28H46O6/c1-17-13-18(2)15-21(5)27(31)19(3)9-6-7-12-25(22-10-8-11-23(22)28(32)33)34-26(30)16-24(29)20(4)14-17/h6-7,9,17-18,20-25,27,29,31H,8,10-16H2,1-5H3,(H,32,33)/b7-6+,19-9-/t17-,18+,20-,21-,22+,23+,24-,25?,27-/m0/s1. The molecule has 1 fully saturated rings. The van der Waals surface area contributed by atoms with Gasteiger partial charge in [-0.05, 0) is 68.3 Å². The minimum absolute atomic E-state index is 0.0431. The maximum Gasteiger partial charge on any atom is 0.308 e. The zero-order valence-corrected chi connectivity index (χ0v) is 21.7. The molecule has 1 heterocycles. The molecule has 6 heteroatoms. The lowest BCUT2D eigenvalue weighted by Gasteiger charge is -2.28. The first kappa shape index (κ1) is 28.6. The molecule has 2 aliphatic rings. The van der Waals surface area contributed by atoms with Gasteiger partial charge < -0.3 is 20.1 Å². The summed E-state index contributed by atoms with van der Waals surface area (Å²) in [5.41, 5.74) is 0.889. The molecule has 9 atom stereocenters. The van der Waals surface area contributed by atoms with Gasteiger partial charge in [0.05, 0.1) is 24.5 Å². The number of hydrogen-bond donors (Lipinski definition) is 3. The first-order chi connectivity index (χ1) is 16.0. The Morgan fingerprint density at radius 2 is 1.65 bits per heavy atom. The molecule has 1 unspecified atom stereocenters. The SMILES string of the molecule is C/C1=C/C=C/CC([C@@H]2CCC[C@H]2C(=O)O)OC(=O)C[C@H](O)[C@@H](C)C[C@@H](C)C[C@@H](C)C[C@H](C)[C@H]1O. The molecule has 3 N–H and O–H groups in total. The molecule has 0 bridgehead atoms. The number of esters is 1. The number of allylic oxidation sites excluding steroid dienone is 2. The monoisotopic (exact) mass is 478 g/mol. The van der Waals surface area contributed by atoms with Crippen molar-refractivity contribution in [3.63, 3.8) is 0 Å². The number of ether oxygens (including phenoxy) is 1. The molecule has 1 saturated carbocycles. The van der Waals surface area contributed by atoms with Crippen LogP contribution in [0.4, 0.5) is 0 Å². The Bertz CT molecular complexity index is 728. The summed E-state index contributed by atoms with van der Waals surface area (Å²) in [5, 5.41) is 31.1. The second-order valence-corrected chi connectivity index (χ2v) is 11.2. The van der Waals surface area contributed by atoms with Crippen LogP contribution in [0.25, 0.3) is 0 Å². The Kier molecular flexibility index (Phi) is 11.3. The fourth-order valence-corrected chi connectivity index (χ4v) is 6.05. The van der Waals surface area contributed by atoms with Crippen LogP contribution in [0.2, 0.25) is 0 Å². The quantitative estimate of drug-likeness (QED) is 0.475. The van der Waals surface area contributed by atoms with Crippen molar-refractivity contribution in [1.82, 2.24) is 0 Å². The van der Waals surface area contributed by atoms with Crippen molar-refractivity contribution in [2.45, 2.75) is 104 Å². The number of rotatable bonds is 2. The Labute approximate surface area is 205 Å². The molecule has 6 nitrogen and oxygen atoms in total. The van der Waals surface area contributed by atoms with Gasteiger partial charge in [-0.1, -0.05) is 52.3 Å². The molecule has 1 aliphatic carbocycles. The maximum atomic E-state index is 12.7. The van der Waals surface area contributed by atoms with Crippen molar-refractivity contribution >= 4 is 11.9 Å². The highest BCUT2D eigenvalue weighted by atomic mass is 16.5. The van der Waals surface area contributed by atoms with Gasteiger partial charge in [-0.3, -0.25) is 9.59 Å². The summed E-state index contributed by atoms with van der Waals surface area (Å²) in [4.78, 5) is 24.5. The van der Waals surface area contributed by atoms with Gasteiger partial charge in [0.2, 0.25) is 0 Å². The number of aliphatic hydroxyl groups excluding tert-OH is 2. The number of cyclic esters (lactones) is 1. The highest BCUT2D eigenvalue weighted by Crippen LogP contribution is 2.37. The third kappa shape index (κ3) is 8.53. The first-order valence-corrected chi connectivity index (χ1v) is 13.1. The van der Waals surface area contributed by atoms with E-state index in [2.05, 4.69) is 20.8 Å². The third-order valence-electron chi connectivity index (χ3n) is 7.90. The zero-order chi connectivity index (χ0) is 25.4. The smallest absolute Gasteiger partial charge is 0.308 e. The van der Waals surface area contributed by atoms with E-state index < -0.39 is 36.2 Å².